The van der Waals surface area contributed by atoms with E-state index in [-0.39, 0.29) is 23.7 Å². The molecule has 2 atom stereocenters. The van der Waals surface area contributed by atoms with Crippen LogP contribution in [0.3, 0.4) is 0 Å². The molecule has 0 aromatic carbocycles. The summed E-state index contributed by atoms with van der Waals surface area (Å²) in [7, 11) is 3.85. The molecule has 5 nitrogen and oxygen atoms in total. The second kappa shape index (κ2) is 9.88. The van der Waals surface area contributed by atoms with Crippen molar-refractivity contribution in [1.29, 1.82) is 0 Å². The first kappa shape index (κ1) is 17.1. The van der Waals surface area contributed by atoms with Gasteiger partial charge in [0, 0.05) is 12.3 Å². The third kappa shape index (κ3) is 6.01. The molecular weight excluding hydrogens is 254 g/mol. The van der Waals surface area contributed by atoms with Crippen LogP contribution in [-0.4, -0.2) is 44.9 Å². The minimum atomic E-state index is -0.243. The molecule has 5 heteroatoms. The van der Waals surface area contributed by atoms with Gasteiger partial charge < -0.3 is 16.0 Å². The number of carbonyl (C=O) groups is 2. The summed E-state index contributed by atoms with van der Waals surface area (Å²) in [6.07, 6.45) is 6.11. The number of hydrogen-bond acceptors (Lipinski definition) is 4. The maximum Gasteiger partial charge on any atom is 0.224 e. The molecule has 1 saturated heterocycles. The quantitative estimate of drug-likeness (QED) is 0.520. The largest absolute Gasteiger partial charge is 0.346 e. The van der Waals surface area contributed by atoms with E-state index in [1.165, 1.54) is 0 Å². The standard InChI is InChI=1S/C15H29N3O2/c1-16-9-5-3-7-12-11-14(19)13(18-15(12)20)8-4-6-10-17-2/h12-13,16-17H,3-11H2,1-2H3,(H,18,20). The van der Waals surface area contributed by atoms with E-state index in [4.69, 9.17) is 0 Å². The summed E-state index contributed by atoms with van der Waals surface area (Å²) in [6, 6.07) is -0.243. The average Bonchev–Trinajstić information content (AvgIpc) is 2.44. The fraction of sp³-hybridized carbons (Fsp3) is 0.867. The summed E-state index contributed by atoms with van der Waals surface area (Å²) < 4.78 is 0. The van der Waals surface area contributed by atoms with E-state index >= 15 is 0 Å². The van der Waals surface area contributed by atoms with Crippen LogP contribution in [0.15, 0.2) is 0 Å². The number of amides is 1. The van der Waals surface area contributed by atoms with E-state index in [0.29, 0.717) is 6.42 Å². The summed E-state index contributed by atoms with van der Waals surface area (Å²) in [5, 5.41) is 9.09. The molecule has 0 radical (unpaired) electrons. The Bertz CT molecular complexity index is 277. The molecule has 0 bridgehead atoms. The van der Waals surface area contributed by atoms with E-state index in [1.54, 1.807) is 0 Å². The molecule has 0 aromatic rings. The van der Waals surface area contributed by atoms with Crippen molar-refractivity contribution in [1.82, 2.24) is 16.0 Å². The normalized spacial score (nSPS) is 22.9. The van der Waals surface area contributed by atoms with Crippen molar-refractivity contribution in [2.45, 2.75) is 51.0 Å². The Morgan fingerprint density at radius 1 is 1.00 bits per heavy atom. The van der Waals surface area contributed by atoms with E-state index in [2.05, 4.69) is 16.0 Å². The molecule has 0 aromatic heterocycles. The van der Waals surface area contributed by atoms with Crippen LogP contribution in [0, 0.1) is 5.92 Å². The van der Waals surface area contributed by atoms with Crippen molar-refractivity contribution in [3.63, 3.8) is 0 Å². The summed E-state index contributed by atoms with van der Waals surface area (Å²) in [5.41, 5.74) is 0. The molecule has 0 spiro atoms. The van der Waals surface area contributed by atoms with Crippen LogP contribution in [0.2, 0.25) is 0 Å². The van der Waals surface area contributed by atoms with Crippen molar-refractivity contribution < 1.29 is 9.59 Å². The Morgan fingerprint density at radius 2 is 1.60 bits per heavy atom. The molecule has 3 N–H and O–H groups in total. The molecule has 116 valence electrons. The van der Waals surface area contributed by atoms with Gasteiger partial charge >= 0.3 is 0 Å². The summed E-state index contributed by atoms with van der Waals surface area (Å²) >= 11 is 0. The van der Waals surface area contributed by atoms with Crippen molar-refractivity contribution in [3.8, 4) is 0 Å². The molecule has 1 fully saturated rings. The number of rotatable bonds is 10. The molecule has 1 aliphatic rings. The summed E-state index contributed by atoms with van der Waals surface area (Å²) in [4.78, 5) is 24.1. The number of ketones is 1. The Balaban J connectivity index is 2.26. The van der Waals surface area contributed by atoms with Crippen LogP contribution in [0.4, 0.5) is 0 Å². The lowest BCUT2D eigenvalue weighted by molar-refractivity contribution is -0.137. The smallest absolute Gasteiger partial charge is 0.224 e. The SMILES string of the molecule is CNCCCCC1CC(=O)C(CCCCNC)NC1=O. The van der Waals surface area contributed by atoms with E-state index in [1.807, 2.05) is 14.1 Å². The first-order valence-corrected chi connectivity index (χ1v) is 7.81. The molecule has 20 heavy (non-hydrogen) atoms. The van der Waals surface area contributed by atoms with Crippen LogP contribution in [0.25, 0.3) is 0 Å². The zero-order valence-electron chi connectivity index (χ0n) is 12.8. The maximum atomic E-state index is 12.1. The highest BCUT2D eigenvalue weighted by atomic mass is 16.2. The van der Waals surface area contributed by atoms with Crippen LogP contribution < -0.4 is 16.0 Å². The van der Waals surface area contributed by atoms with Crippen LogP contribution in [0.5, 0.6) is 0 Å². The fourth-order valence-electron chi connectivity index (χ4n) is 2.66. The van der Waals surface area contributed by atoms with Gasteiger partial charge in [-0.05, 0) is 59.3 Å². The van der Waals surface area contributed by atoms with Gasteiger partial charge in [0.25, 0.3) is 0 Å². The average molecular weight is 283 g/mol. The predicted molar refractivity (Wildman–Crippen MR) is 80.6 cm³/mol. The molecule has 1 rings (SSSR count). The highest BCUT2D eigenvalue weighted by Gasteiger charge is 2.33. The summed E-state index contributed by atoms with van der Waals surface area (Å²) in [5.74, 6) is 0.188. The van der Waals surface area contributed by atoms with Crippen molar-refractivity contribution in [2.75, 3.05) is 27.2 Å². The first-order valence-electron chi connectivity index (χ1n) is 7.81. The van der Waals surface area contributed by atoms with Gasteiger partial charge in [0.15, 0.2) is 5.78 Å². The molecule has 1 amide bonds. The number of piperidine rings is 1. The first-order chi connectivity index (χ1) is 9.69. The minimum absolute atomic E-state index is 0.0766. The van der Waals surface area contributed by atoms with Gasteiger partial charge in [-0.15, -0.1) is 0 Å². The van der Waals surface area contributed by atoms with Crippen LogP contribution in [0.1, 0.15) is 44.9 Å². The van der Waals surface area contributed by atoms with Gasteiger partial charge in [0.1, 0.15) is 0 Å². The number of Topliss-reactive ketones (excluding diaryl/α,β-unsaturated/α-hetero) is 1. The lowest BCUT2D eigenvalue weighted by Crippen LogP contribution is -2.49. The van der Waals surface area contributed by atoms with Crippen molar-refractivity contribution in [2.24, 2.45) is 5.92 Å². The molecule has 2 unspecified atom stereocenters. The number of unbranched alkanes of at least 4 members (excludes halogenated alkanes) is 2. The van der Waals surface area contributed by atoms with Gasteiger partial charge in [-0.1, -0.05) is 6.42 Å². The Labute approximate surface area is 122 Å². The number of carbonyl (C=O) groups excluding carboxylic acids is 2. The Kier molecular flexibility index (Phi) is 8.46. The van der Waals surface area contributed by atoms with E-state index in [9.17, 15) is 9.59 Å². The molecular formula is C15H29N3O2. The van der Waals surface area contributed by atoms with Gasteiger partial charge in [0.05, 0.1) is 6.04 Å². The zero-order chi connectivity index (χ0) is 14.8. The summed E-state index contributed by atoms with van der Waals surface area (Å²) in [6.45, 7) is 1.93. The lowest BCUT2D eigenvalue weighted by atomic mass is 9.87. The molecule has 0 aliphatic carbocycles. The maximum absolute atomic E-state index is 12.1. The van der Waals surface area contributed by atoms with Gasteiger partial charge in [-0.25, -0.2) is 0 Å². The lowest BCUT2D eigenvalue weighted by Gasteiger charge is -2.28. The van der Waals surface area contributed by atoms with Crippen LogP contribution >= 0.6 is 0 Å². The Hall–Kier alpha value is -0.940. The van der Waals surface area contributed by atoms with E-state index in [0.717, 1.165) is 51.6 Å². The highest BCUT2D eigenvalue weighted by Crippen LogP contribution is 2.20. The van der Waals surface area contributed by atoms with Crippen LogP contribution in [-0.2, 0) is 9.59 Å². The monoisotopic (exact) mass is 283 g/mol. The van der Waals surface area contributed by atoms with Gasteiger partial charge in [0.2, 0.25) is 5.91 Å². The third-order valence-electron chi connectivity index (χ3n) is 3.92. The second-order valence-corrected chi connectivity index (χ2v) is 5.63. The van der Waals surface area contributed by atoms with Crippen molar-refractivity contribution in [3.05, 3.63) is 0 Å². The predicted octanol–water partition coefficient (Wildman–Crippen LogP) is 0.840. The molecule has 1 heterocycles. The fourth-order valence-corrected chi connectivity index (χ4v) is 2.66. The second-order valence-electron chi connectivity index (χ2n) is 5.63. The Morgan fingerprint density at radius 3 is 2.20 bits per heavy atom. The van der Waals surface area contributed by atoms with E-state index < -0.39 is 0 Å². The minimum Gasteiger partial charge on any atom is -0.346 e. The van der Waals surface area contributed by atoms with Crippen molar-refractivity contribution >= 4 is 11.7 Å². The number of nitrogens with one attached hydrogen (secondary N) is 3. The molecule has 1 aliphatic heterocycles. The molecule has 0 saturated carbocycles. The van der Waals surface area contributed by atoms with Gasteiger partial charge in [-0.3, -0.25) is 9.59 Å². The number of hydrogen-bond donors (Lipinski definition) is 3. The highest BCUT2D eigenvalue weighted by molar-refractivity contribution is 5.96. The third-order valence-corrected chi connectivity index (χ3v) is 3.92. The van der Waals surface area contributed by atoms with Gasteiger partial charge in [-0.2, -0.15) is 0 Å². The topological polar surface area (TPSA) is 70.2 Å². The zero-order valence-corrected chi connectivity index (χ0v) is 12.8.